The molecule has 29 heavy (non-hydrogen) atoms. The van der Waals surface area contributed by atoms with Gasteiger partial charge in [0.25, 0.3) is 0 Å². The molecular weight excluding hydrogens is 386 g/mol. The molecule has 0 amide bonds. The summed E-state index contributed by atoms with van der Waals surface area (Å²) < 4.78 is 23.5. The van der Waals surface area contributed by atoms with Gasteiger partial charge >= 0.3 is 0 Å². The second-order valence-electron chi connectivity index (χ2n) is 7.13. The van der Waals surface area contributed by atoms with Crippen LogP contribution < -0.4 is 10.5 Å². The summed E-state index contributed by atoms with van der Waals surface area (Å²) in [6.07, 6.45) is 7.14. The number of nitrogens with two attached hydrogens (primary N) is 1. The fraction of sp³-hybridized carbons (Fsp3) is 0.286. The van der Waals surface area contributed by atoms with E-state index in [4.69, 9.17) is 15.1 Å². The number of nitrogens with one attached hydrogen (secondary N) is 1. The number of aryl methyl sites for hydroxylation is 1. The highest BCUT2D eigenvalue weighted by atomic mass is 32.2. The maximum Gasteiger partial charge on any atom is 0.238 e. The second-order valence-corrected chi connectivity index (χ2v) is 8.69. The highest BCUT2D eigenvalue weighted by Gasteiger charge is 2.22. The van der Waals surface area contributed by atoms with Crippen molar-refractivity contribution in [2.24, 2.45) is 5.14 Å². The van der Waals surface area contributed by atoms with Crippen molar-refractivity contribution in [1.82, 2.24) is 15.0 Å². The predicted octanol–water partition coefficient (Wildman–Crippen LogP) is 3.24. The number of sulfonamides is 1. The summed E-state index contributed by atoms with van der Waals surface area (Å²) in [7, 11) is -3.75. The Kier molecular flexibility index (Phi) is 5.29. The summed E-state index contributed by atoms with van der Waals surface area (Å²) >= 11 is 0. The third kappa shape index (κ3) is 4.13. The lowest BCUT2D eigenvalue weighted by molar-refractivity contribution is 0.597. The molecule has 2 heterocycles. The van der Waals surface area contributed by atoms with Gasteiger partial charge in [0, 0.05) is 29.2 Å². The SMILES string of the molecule is CCC(Nc1nc(-c2ccncc2)nc2c1CCC2)c1cccc(S(N)(=O)=O)c1. The summed E-state index contributed by atoms with van der Waals surface area (Å²) in [6, 6.07) is 10.5. The summed E-state index contributed by atoms with van der Waals surface area (Å²) in [5.41, 5.74) is 3.99. The molecule has 2 aromatic heterocycles. The number of nitrogens with zero attached hydrogens (tertiary/aromatic N) is 3. The molecule has 7 nitrogen and oxygen atoms in total. The summed E-state index contributed by atoms with van der Waals surface area (Å²) in [5.74, 6) is 1.48. The molecule has 3 aromatic rings. The second kappa shape index (κ2) is 7.88. The molecule has 0 aliphatic heterocycles. The van der Waals surface area contributed by atoms with Crippen LogP contribution in [0, 0.1) is 0 Å². The maximum absolute atomic E-state index is 11.7. The Bertz CT molecular complexity index is 1130. The molecule has 0 saturated carbocycles. The molecule has 8 heteroatoms. The van der Waals surface area contributed by atoms with Crippen LogP contribution in [0.15, 0.2) is 53.7 Å². The van der Waals surface area contributed by atoms with Crippen LogP contribution in [0.3, 0.4) is 0 Å². The van der Waals surface area contributed by atoms with Crippen molar-refractivity contribution >= 4 is 15.8 Å². The number of anilines is 1. The average molecular weight is 410 g/mol. The molecule has 0 spiro atoms. The molecule has 1 atom stereocenters. The van der Waals surface area contributed by atoms with E-state index in [0.717, 1.165) is 53.9 Å². The quantitative estimate of drug-likeness (QED) is 0.647. The molecule has 0 fully saturated rings. The fourth-order valence-corrected chi connectivity index (χ4v) is 4.24. The largest absolute Gasteiger partial charge is 0.363 e. The molecular formula is C21H23N5O2S. The molecule has 4 rings (SSSR count). The normalized spacial score (nSPS) is 14.4. The monoisotopic (exact) mass is 409 g/mol. The van der Waals surface area contributed by atoms with E-state index in [9.17, 15) is 8.42 Å². The Hall–Kier alpha value is -2.84. The first-order valence-corrected chi connectivity index (χ1v) is 11.2. The van der Waals surface area contributed by atoms with Crippen LogP contribution >= 0.6 is 0 Å². The Morgan fingerprint density at radius 1 is 1.14 bits per heavy atom. The van der Waals surface area contributed by atoms with Crippen LogP contribution in [0.25, 0.3) is 11.4 Å². The minimum atomic E-state index is -3.75. The average Bonchev–Trinajstić information content (AvgIpc) is 3.21. The zero-order valence-electron chi connectivity index (χ0n) is 16.2. The van der Waals surface area contributed by atoms with Gasteiger partial charge in [-0.25, -0.2) is 23.5 Å². The Labute approximate surface area is 170 Å². The third-order valence-corrected chi connectivity index (χ3v) is 6.09. The number of rotatable bonds is 6. The predicted molar refractivity (Wildman–Crippen MR) is 112 cm³/mol. The summed E-state index contributed by atoms with van der Waals surface area (Å²) in [5, 5.41) is 8.84. The Balaban J connectivity index is 1.72. The highest BCUT2D eigenvalue weighted by molar-refractivity contribution is 7.89. The van der Waals surface area contributed by atoms with Crippen molar-refractivity contribution in [2.75, 3.05) is 5.32 Å². The first-order valence-electron chi connectivity index (χ1n) is 9.65. The van der Waals surface area contributed by atoms with Gasteiger partial charge in [0.1, 0.15) is 5.82 Å². The van der Waals surface area contributed by atoms with Crippen molar-refractivity contribution < 1.29 is 8.42 Å². The topological polar surface area (TPSA) is 111 Å². The number of hydrogen-bond donors (Lipinski definition) is 2. The van der Waals surface area contributed by atoms with Crippen LogP contribution in [-0.2, 0) is 22.9 Å². The van der Waals surface area contributed by atoms with Gasteiger partial charge in [0.15, 0.2) is 5.82 Å². The van der Waals surface area contributed by atoms with Crippen molar-refractivity contribution in [1.29, 1.82) is 0 Å². The number of benzene rings is 1. The molecule has 0 saturated heterocycles. The van der Waals surface area contributed by atoms with Crippen LogP contribution in [0.2, 0.25) is 0 Å². The number of aromatic nitrogens is 3. The van der Waals surface area contributed by atoms with Gasteiger partial charge < -0.3 is 5.32 Å². The van der Waals surface area contributed by atoms with Gasteiger partial charge in [0.2, 0.25) is 10.0 Å². The zero-order chi connectivity index (χ0) is 20.4. The van der Waals surface area contributed by atoms with Crippen molar-refractivity contribution in [3.8, 4) is 11.4 Å². The third-order valence-electron chi connectivity index (χ3n) is 5.18. The molecule has 0 radical (unpaired) electrons. The lowest BCUT2D eigenvalue weighted by atomic mass is 10.0. The molecule has 3 N–H and O–H groups in total. The van der Waals surface area contributed by atoms with Crippen molar-refractivity contribution in [3.63, 3.8) is 0 Å². The minimum absolute atomic E-state index is 0.0957. The van der Waals surface area contributed by atoms with Gasteiger partial charge in [-0.05, 0) is 55.5 Å². The van der Waals surface area contributed by atoms with E-state index >= 15 is 0 Å². The van der Waals surface area contributed by atoms with Gasteiger partial charge in [-0.2, -0.15) is 0 Å². The van der Waals surface area contributed by atoms with Crippen LogP contribution in [-0.4, -0.2) is 23.4 Å². The first-order chi connectivity index (χ1) is 14.0. The van der Waals surface area contributed by atoms with E-state index in [2.05, 4.69) is 10.3 Å². The van der Waals surface area contributed by atoms with E-state index in [1.807, 2.05) is 25.1 Å². The molecule has 1 aliphatic rings. The summed E-state index contributed by atoms with van der Waals surface area (Å²) in [6.45, 7) is 2.05. The van der Waals surface area contributed by atoms with E-state index in [0.29, 0.717) is 5.82 Å². The number of hydrogen-bond acceptors (Lipinski definition) is 6. The van der Waals surface area contributed by atoms with Crippen LogP contribution in [0.5, 0.6) is 0 Å². The fourth-order valence-electron chi connectivity index (χ4n) is 3.68. The van der Waals surface area contributed by atoms with E-state index in [1.165, 1.54) is 6.07 Å². The zero-order valence-corrected chi connectivity index (χ0v) is 17.0. The Morgan fingerprint density at radius 2 is 1.93 bits per heavy atom. The molecule has 1 aliphatic carbocycles. The minimum Gasteiger partial charge on any atom is -0.363 e. The van der Waals surface area contributed by atoms with Gasteiger partial charge in [-0.15, -0.1) is 0 Å². The number of pyridine rings is 1. The maximum atomic E-state index is 11.7. The number of primary sulfonamides is 1. The lowest BCUT2D eigenvalue weighted by Crippen LogP contribution is -2.16. The van der Waals surface area contributed by atoms with Crippen molar-refractivity contribution in [2.45, 2.75) is 43.5 Å². The standard InChI is InChI=1S/C21H23N5O2S/c1-2-18(15-5-3-6-16(13-15)29(22,27)28)24-21-17-7-4-8-19(17)25-20(26-21)14-9-11-23-12-10-14/h3,5-6,9-13,18H,2,4,7-8H2,1H3,(H2,22,27,28)(H,24,25,26). The lowest BCUT2D eigenvalue weighted by Gasteiger charge is -2.21. The highest BCUT2D eigenvalue weighted by Crippen LogP contribution is 2.32. The van der Waals surface area contributed by atoms with Crippen LogP contribution in [0.4, 0.5) is 5.82 Å². The molecule has 0 bridgehead atoms. The first kappa shape index (κ1) is 19.5. The smallest absolute Gasteiger partial charge is 0.238 e. The van der Waals surface area contributed by atoms with Crippen LogP contribution in [0.1, 0.15) is 42.6 Å². The Morgan fingerprint density at radius 3 is 2.66 bits per heavy atom. The van der Waals surface area contributed by atoms with Gasteiger partial charge in [-0.1, -0.05) is 19.1 Å². The van der Waals surface area contributed by atoms with Gasteiger partial charge in [-0.3, -0.25) is 4.98 Å². The molecule has 150 valence electrons. The molecule has 1 unspecified atom stereocenters. The molecule has 1 aromatic carbocycles. The van der Waals surface area contributed by atoms with Crippen molar-refractivity contribution in [3.05, 3.63) is 65.6 Å². The van der Waals surface area contributed by atoms with E-state index < -0.39 is 10.0 Å². The number of fused-ring (bicyclic) bond motifs is 1. The summed E-state index contributed by atoms with van der Waals surface area (Å²) in [4.78, 5) is 13.7. The van der Waals surface area contributed by atoms with E-state index in [1.54, 1.807) is 24.5 Å². The van der Waals surface area contributed by atoms with Gasteiger partial charge in [0.05, 0.1) is 10.9 Å². The van der Waals surface area contributed by atoms with E-state index in [-0.39, 0.29) is 10.9 Å².